The summed E-state index contributed by atoms with van der Waals surface area (Å²) in [5.74, 6) is 0.0896. The molecule has 0 bridgehead atoms. The summed E-state index contributed by atoms with van der Waals surface area (Å²) in [7, 11) is 0. The van der Waals surface area contributed by atoms with Gasteiger partial charge in [0.15, 0.2) is 0 Å². The van der Waals surface area contributed by atoms with Crippen LogP contribution in [-0.2, 0) is 11.3 Å². The topological polar surface area (TPSA) is 67.2 Å². The Labute approximate surface area is 125 Å². The fourth-order valence-electron chi connectivity index (χ4n) is 2.69. The number of para-hydroxylation sites is 2. The minimum atomic E-state index is -0.939. The molecule has 2 aromatic rings. The van der Waals surface area contributed by atoms with Crippen molar-refractivity contribution < 1.29 is 9.90 Å². The summed E-state index contributed by atoms with van der Waals surface area (Å²) in [5.41, 5.74) is 1.06. The molecule has 0 saturated carbocycles. The molecule has 0 saturated heterocycles. The first-order chi connectivity index (χ1) is 9.83. The van der Waals surface area contributed by atoms with Gasteiger partial charge in [0, 0.05) is 12.6 Å². The van der Waals surface area contributed by atoms with Crippen LogP contribution >= 0.6 is 0 Å². The molecule has 5 heteroatoms. The lowest BCUT2D eigenvalue weighted by Gasteiger charge is -2.29. The van der Waals surface area contributed by atoms with Crippen molar-refractivity contribution in [2.75, 3.05) is 0 Å². The highest BCUT2D eigenvalue weighted by atomic mass is 16.4. The maximum absolute atomic E-state index is 11.6. The molecule has 0 aliphatic rings. The van der Waals surface area contributed by atoms with Gasteiger partial charge in [-0.2, -0.15) is 0 Å². The number of nitrogens with one attached hydrogen (secondary N) is 1. The van der Waals surface area contributed by atoms with E-state index in [9.17, 15) is 9.90 Å². The summed E-state index contributed by atoms with van der Waals surface area (Å²) in [5, 5.41) is 12.7. The van der Waals surface area contributed by atoms with Gasteiger partial charge in [-0.1, -0.05) is 12.1 Å². The van der Waals surface area contributed by atoms with E-state index in [-0.39, 0.29) is 6.04 Å². The minimum absolute atomic E-state index is 0.117. The summed E-state index contributed by atoms with van der Waals surface area (Å²) in [6.45, 7) is 8.23. The van der Waals surface area contributed by atoms with Crippen molar-refractivity contribution in [3.8, 4) is 0 Å². The molecule has 1 unspecified atom stereocenters. The molecule has 2 N–H and O–H groups in total. The number of aryl methyl sites for hydroxylation is 2. The van der Waals surface area contributed by atoms with Crippen LogP contribution in [0.3, 0.4) is 0 Å². The number of carbonyl (C=O) groups is 1. The van der Waals surface area contributed by atoms with Crippen molar-refractivity contribution >= 4 is 17.0 Å². The van der Waals surface area contributed by atoms with E-state index in [4.69, 9.17) is 0 Å². The zero-order valence-electron chi connectivity index (χ0n) is 13.1. The maximum Gasteiger partial charge on any atom is 0.323 e. The number of benzene rings is 1. The van der Waals surface area contributed by atoms with Crippen LogP contribution in [0.2, 0.25) is 0 Å². The maximum atomic E-state index is 11.6. The summed E-state index contributed by atoms with van der Waals surface area (Å²) in [6, 6.07) is 8.04. The second-order valence-electron chi connectivity index (χ2n) is 5.99. The van der Waals surface area contributed by atoms with Crippen molar-refractivity contribution in [2.24, 2.45) is 0 Å². The first-order valence-electron chi connectivity index (χ1n) is 7.26. The minimum Gasteiger partial charge on any atom is -0.480 e. The number of fused-ring (bicyclic) bond motifs is 1. The number of hydrogen-bond acceptors (Lipinski definition) is 3. The van der Waals surface area contributed by atoms with Crippen LogP contribution in [0.15, 0.2) is 24.3 Å². The lowest BCUT2D eigenvalue weighted by molar-refractivity contribution is -0.144. The van der Waals surface area contributed by atoms with Gasteiger partial charge in [0.25, 0.3) is 0 Å². The monoisotopic (exact) mass is 289 g/mol. The molecule has 0 spiro atoms. The zero-order valence-corrected chi connectivity index (χ0v) is 13.1. The number of nitrogens with zero attached hydrogens (tertiary/aromatic N) is 2. The van der Waals surface area contributed by atoms with Crippen LogP contribution < -0.4 is 5.32 Å². The SMILES string of the molecule is Cc1nc2ccccc2n1CCC(C)(NC(C)C)C(=O)O. The van der Waals surface area contributed by atoms with Gasteiger partial charge >= 0.3 is 5.97 Å². The highest BCUT2D eigenvalue weighted by molar-refractivity contribution is 5.78. The second kappa shape index (κ2) is 5.85. The van der Waals surface area contributed by atoms with E-state index in [2.05, 4.69) is 14.9 Å². The van der Waals surface area contributed by atoms with Gasteiger partial charge in [-0.05, 0) is 46.2 Å². The molecule has 0 amide bonds. The van der Waals surface area contributed by atoms with Gasteiger partial charge in [-0.25, -0.2) is 4.98 Å². The number of hydrogen-bond donors (Lipinski definition) is 2. The predicted molar refractivity (Wildman–Crippen MR) is 83.4 cm³/mol. The number of imidazole rings is 1. The van der Waals surface area contributed by atoms with Gasteiger partial charge in [-0.15, -0.1) is 0 Å². The van der Waals surface area contributed by atoms with Crippen LogP contribution in [-0.4, -0.2) is 32.2 Å². The van der Waals surface area contributed by atoms with Gasteiger partial charge in [0.05, 0.1) is 11.0 Å². The molecule has 0 aliphatic heterocycles. The highest BCUT2D eigenvalue weighted by Gasteiger charge is 2.33. The van der Waals surface area contributed by atoms with E-state index in [1.165, 1.54) is 0 Å². The predicted octanol–water partition coefficient (Wildman–Crippen LogP) is 2.58. The summed E-state index contributed by atoms with van der Waals surface area (Å²) >= 11 is 0. The molecule has 114 valence electrons. The lowest BCUT2D eigenvalue weighted by Crippen LogP contribution is -2.52. The van der Waals surface area contributed by atoms with Gasteiger partial charge in [0.2, 0.25) is 0 Å². The summed E-state index contributed by atoms with van der Waals surface area (Å²) in [6.07, 6.45) is 0.502. The van der Waals surface area contributed by atoms with E-state index in [1.54, 1.807) is 6.92 Å². The van der Waals surface area contributed by atoms with Crippen molar-refractivity contribution in [3.63, 3.8) is 0 Å². The number of carboxylic acid groups (broad SMARTS) is 1. The molecule has 5 nitrogen and oxygen atoms in total. The first kappa shape index (κ1) is 15.5. The Balaban J connectivity index is 2.24. The van der Waals surface area contributed by atoms with Crippen LogP contribution in [0, 0.1) is 6.92 Å². The number of aromatic nitrogens is 2. The average Bonchev–Trinajstić information content (AvgIpc) is 2.71. The highest BCUT2D eigenvalue weighted by Crippen LogP contribution is 2.19. The normalized spacial score (nSPS) is 14.5. The van der Waals surface area contributed by atoms with Crippen LogP contribution in [0.4, 0.5) is 0 Å². The van der Waals surface area contributed by atoms with Gasteiger partial charge < -0.3 is 9.67 Å². The fraction of sp³-hybridized carbons (Fsp3) is 0.500. The molecule has 2 rings (SSSR count). The van der Waals surface area contributed by atoms with E-state index in [1.807, 2.05) is 45.0 Å². The Morgan fingerprint density at radius 3 is 2.71 bits per heavy atom. The van der Waals surface area contributed by atoms with Crippen LogP contribution in [0.5, 0.6) is 0 Å². The van der Waals surface area contributed by atoms with Gasteiger partial charge in [-0.3, -0.25) is 10.1 Å². The smallest absolute Gasteiger partial charge is 0.323 e. The fourth-order valence-corrected chi connectivity index (χ4v) is 2.69. The van der Waals surface area contributed by atoms with E-state index < -0.39 is 11.5 Å². The standard InChI is InChI=1S/C16H23N3O2/c1-11(2)18-16(4,15(20)21)9-10-19-12(3)17-13-7-5-6-8-14(13)19/h5-8,11,18H,9-10H2,1-4H3,(H,20,21). The molecule has 1 aromatic carbocycles. The van der Waals surface area contributed by atoms with E-state index in [0.717, 1.165) is 16.9 Å². The number of rotatable bonds is 6. The van der Waals surface area contributed by atoms with E-state index in [0.29, 0.717) is 13.0 Å². The van der Waals surface area contributed by atoms with Crippen LogP contribution in [0.25, 0.3) is 11.0 Å². The van der Waals surface area contributed by atoms with Crippen LogP contribution in [0.1, 0.15) is 33.0 Å². The Bertz CT molecular complexity index is 648. The molecular formula is C16H23N3O2. The Morgan fingerprint density at radius 1 is 1.43 bits per heavy atom. The molecule has 0 radical (unpaired) electrons. The second-order valence-corrected chi connectivity index (χ2v) is 5.99. The number of carboxylic acids is 1. The van der Waals surface area contributed by atoms with Crippen molar-refractivity contribution in [3.05, 3.63) is 30.1 Å². The average molecular weight is 289 g/mol. The third kappa shape index (κ3) is 3.24. The Hall–Kier alpha value is -1.88. The van der Waals surface area contributed by atoms with Crippen molar-refractivity contribution in [2.45, 2.75) is 52.2 Å². The molecule has 0 aliphatic carbocycles. The zero-order chi connectivity index (χ0) is 15.6. The molecule has 21 heavy (non-hydrogen) atoms. The summed E-state index contributed by atoms with van der Waals surface area (Å²) in [4.78, 5) is 16.1. The lowest BCUT2D eigenvalue weighted by atomic mass is 9.96. The third-order valence-electron chi connectivity index (χ3n) is 3.76. The largest absolute Gasteiger partial charge is 0.480 e. The van der Waals surface area contributed by atoms with Gasteiger partial charge in [0.1, 0.15) is 11.4 Å². The first-order valence-corrected chi connectivity index (χ1v) is 7.26. The molecule has 1 aromatic heterocycles. The molecule has 0 fully saturated rings. The van der Waals surface area contributed by atoms with Crippen molar-refractivity contribution in [1.82, 2.24) is 14.9 Å². The van der Waals surface area contributed by atoms with E-state index >= 15 is 0 Å². The molecular weight excluding hydrogens is 266 g/mol. The number of aliphatic carboxylic acids is 1. The molecule has 1 heterocycles. The quantitative estimate of drug-likeness (QED) is 0.857. The van der Waals surface area contributed by atoms with Crippen molar-refractivity contribution in [1.29, 1.82) is 0 Å². The third-order valence-corrected chi connectivity index (χ3v) is 3.76. The Kier molecular flexibility index (Phi) is 4.32. The summed E-state index contributed by atoms with van der Waals surface area (Å²) < 4.78 is 2.08. The Morgan fingerprint density at radius 2 is 2.10 bits per heavy atom. The molecule has 1 atom stereocenters.